The summed E-state index contributed by atoms with van der Waals surface area (Å²) in [5.74, 6) is 0.830. The first-order valence-corrected chi connectivity index (χ1v) is 5.54. The van der Waals surface area contributed by atoms with E-state index in [0.29, 0.717) is 6.54 Å². The number of hydrogen-bond acceptors (Lipinski definition) is 4. The van der Waals surface area contributed by atoms with Gasteiger partial charge in [-0.25, -0.2) is 0 Å². The van der Waals surface area contributed by atoms with Crippen molar-refractivity contribution in [2.75, 3.05) is 0 Å². The Bertz CT molecular complexity index is 342. The summed E-state index contributed by atoms with van der Waals surface area (Å²) in [5, 5.41) is 17.2. The zero-order valence-electron chi connectivity index (χ0n) is 11.0. The molecule has 0 aliphatic carbocycles. The fourth-order valence-corrected chi connectivity index (χ4v) is 1.28. The molecule has 0 fully saturated rings. The second-order valence-corrected chi connectivity index (χ2v) is 5.34. The van der Waals surface area contributed by atoms with Gasteiger partial charge in [0, 0.05) is 17.6 Å². The SMILES string of the molecule is Cc1noc(C)c1CNC(C)(C)C(C)(C)O. The molecule has 16 heavy (non-hydrogen) atoms. The highest BCUT2D eigenvalue weighted by Crippen LogP contribution is 2.22. The van der Waals surface area contributed by atoms with Crippen molar-refractivity contribution in [3.05, 3.63) is 17.0 Å². The molecule has 1 aromatic heterocycles. The van der Waals surface area contributed by atoms with Gasteiger partial charge in [0.05, 0.1) is 11.3 Å². The molecule has 0 amide bonds. The van der Waals surface area contributed by atoms with Gasteiger partial charge in [-0.3, -0.25) is 0 Å². The molecule has 0 spiro atoms. The fraction of sp³-hybridized carbons (Fsp3) is 0.750. The molecule has 0 bridgehead atoms. The van der Waals surface area contributed by atoms with Crippen molar-refractivity contribution in [2.24, 2.45) is 0 Å². The number of hydrogen-bond donors (Lipinski definition) is 2. The van der Waals surface area contributed by atoms with Crippen molar-refractivity contribution in [3.63, 3.8) is 0 Å². The maximum Gasteiger partial charge on any atom is 0.138 e. The molecular weight excluding hydrogens is 204 g/mol. The van der Waals surface area contributed by atoms with Gasteiger partial charge in [0.25, 0.3) is 0 Å². The van der Waals surface area contributed by atoms with Crippen LogP contribution in [0.4, 0.5) is 0 Å². The lowest BCUT2D eigenvalue weighted by atomic mass is 9.86. The molecule has 1 heterocycles. The number of aliphatic hydroxyl groups is 1. The monoisotopic (exact) mass is 226 g/mol. The third kappa shape index (κ3) is 2.62. The van der Waals surface area contributed by atoms with Crippen molar-refractivity contribution in [1.29, 1.82) is 0 Å². The summed E-state index contributed by atoms with van der Waals surface area (Å²) in [6, 6.07) is 0. The van der Waals surface area contributed by atoms with E-state index in [2.05, 4.69) is 10.5 Å². The van der Waals surface area contributed by atoms with E-state index in [9.17, 15) is 5.11 Å². The minimum Gasteiger partial charge on any atom is -0.389 e. The van der Waals surface area contributed by atoms with Crippen molar-refractivity contribution in [3.8, 4) is 0 Å². The molecule has 0 saturated carbocycles. The van der Waals surface area contributed by atoms with Gasteiger partial charge < -0.3 is 14.9 Å². The van der Waals surface area contributed by atoms with Gasteiger partial charge in [-0.1, -0.05) is 5.16 Å². The van der Waals surface area contributed by atoms with Crippen molar-refractivity contribution >= 4 is 0 Å². The molecule has 0 aliphatic heterocycles. The van der Waals surface area contributed by atoms with E-state index in [1.54, 1.807) is 13.8 Å². The van der Waals surface area contributed by atoms with Crippen LogP contribution in [0, 0.1) is 13.8 Å². The summed E-state index contributed by atoms with van der Waals surface area (Å²) in [7, 11) is 0. The van der Waals surface area contributed by atoms with Crippen LogP contribution in [0.25, 0.3) is 0 Å². The molecule has 0 saturated heterocycles. The van der Waals surface area contributed by atoms with E-state index in [1.807, 2.05) is 27.7 Å². The molecule has 1 aromatic rings. The Morgan fingerprint density at radius 2 is 1.81 bits per heavy atom. The van der Waals surface area contributed by atoms with E-state index < -0.39 is 5.60 Å². The topological polar surface area (TPSA) is 58.3 Å². The van der Waals surface area contributed by atoms with E-state index in [-0.39, 0.29) is 5.54 Å². The summed E-state index contributed by atoms with van der Waals surface area (Å²) < 4.78 is 5.09. The maximum absolute atomic E-state index is 10.0. The minimum absolute atomic E-state index is 0.372. The summed E-state index contributed by atoms with van der Waals surface area (Å²) in [6.07, 6.45) is 0. The summed E-state index contributed by atoms with van der Waals surface area (Å²) >= 11 is 0. The van der Waals surface area contributed by atoms with Gasteiger partial charge in [-0.15, -0.1) is 0 Å². The van der Waals surface area contributed by atoms with Crippen molar-refractivity contribution in [1.82, 2.24) is 10.5 Å². The van der Waals surface area contributed by atoms with Crippen LogP contribution in [0.3, 0.4) is 0 Å². The molecule has 0 radical (unpaired) electrons. The Morgan fingerprint density at radius 1 is 1.25 bits per heavy atom. The molecule has 92 valence electrons. The van der Waals surface area contributed by atoms with Crippen LogP contribution < -0.4 is 5.32 Å². The van der Waals surface area contributed by atoms with Gasteiger partial charge in [0.15, 0.2) is 0 Å². The average Bonchev–Trinajstić information content (AvgIpc) is 2.42. The number of aromatic nitrogens is 1. The first kappa shape index (κ1) is 13.2. The van der Waals surface area contributed by atoms with Crippen molar-refractivity contribution < 1.29 is 9.63 Å². The molecule has 4 heteroatoms. The summed E-state index contributed by atoms with van der Waals surface area (Å²) in [4.78, 5) is 0. The number of nitrogens with zero attached hydrogens (tertiary/aromatic N) is 1. The molecule has 0 aliphatic rings. The molecular formula is C12H22N2O2. The van der Waals surface area contributed by atoms with Gasteiger partial charge in [-0.05, 0) is 41.5 Å². The highest BCUT2D eigenvalue weighted by molar-refractivity contribution is 5.20. The van der Waals surface area contributed by atoms with Crippen molar-refractivity contribution in [2.45, 2.75) is 59.2 Å². The second-order valence-electron chi connectivity index (χ2n) is 5.34. The van der Waals surface area contributed by atoms with E-state index in [1.165, 1.54) is 0 Å². The maximum atomic E-state index is 10.0. The average molecular weight is 226 g/mol. The first-order valence-electron chi connectivity index (χ1n) is 5.54. The predicted molar refractivity (Wildman–Crippen MR) is 63.2 cm³/mol. The van der Waals surface area contributed by atoms with Gasteiger partial charge in [0.1, 0.15) is 5.76 Å². The molecule has 0 aromatic carbocycles. The quantitative estimate of drug-likeness (QED) is 0.823. The van der Waals surface area contributed by atoms with Gasteiger partial charge in [0.2, 0.25) is 0 Å². The lowest BCUT2D eigenvalue weighted by Gasteiger charge is -2.38. The Balaban J connectivity index is 2.72. The van der Waals surface area contributed by atoms with Crippen LogP contribution in [0.2, 0.25) is 0 Å². The van der Waals surface area contributed by atoms with Crippen LogP contribution in [0.15, 0.2) is 4.52 Å². The molecule has 0 atom stereocenters. The zero-order chi connectivity index (χ0) is 12.6. The van der Waals surface area contributed by atoms with Crippen LogP contribution >= 0.6 is 0 Å². The Labute approximate surface area is 97.0 Å². The summed E-state index contributed by atoms with van der Waals surface area (Å²) in [5.41, 5.74) is 0.809. The van der Waals surface area contributed by atoms with Crippen LogP contribution in [-0.4, -0.2) is 21.4 Å². The lowest BCUT2D eigenvalue weighted by Crippen LogP contribution is -2.55. The molecule has 1 rings (SSSR count). The number of nitrogens with one attached hydrogen (secondary N) is 1. The third-order valence-corrected chi connectivity index (χ3v) is 3.42. The number of aryl methyl sites for hydroxylation is 2. The Kier molecular flexibility index (Phi) is 3.45. The Morgan fingerprint density at radius 3 is 2.19 bits per heavy atom. The molecule has 2 N–H and O–H groups in total. The van der Waals surface area contributed by atoms with E-state index in [0.717, 1.165) is 17.0 Å². The van der Waals surface area contributed by atoms with Crippen LogP contribution in [0.1, 0.15) is 44.7 Å². The normalized spacial score (nSPS) is 13.2. The zero-order valence-corrected chi connectivity index (χ0v) is 11.0. The van der Waals surface area contributed by atoms with Crippen LogP contribution in [-0.2, 0) is 6.54 Å². The van der Waals surface area contributed by atoms with E-state index >= 15 is 0 Å². The smallest absolute Gasteiger partial charge is 0.138 e. The second kappa shape index (κ2) is 4.18. The number of rotatable bonds is 4. The van der Waals surface area contributed by atoms with Gasteiger partial charge >= 0.3 is 0 Å². The fourth-order valence-electron chi connectivity index (χ4n) is 1.28. The summed E-state index contributed by atoms with van der Waals surface area (Å²) in [6.45, 7) is 12.0. The first-order chi connectivity index (χ1) is 7.15. The molecule has 0 unspecified atom stereocenters. The van der Waals surface area contributed by atoms with E-state index in [4.69, 9.17) is 4.52 Å². The standard InChI is InChI=1S/C12H22N2O2/c1-8-10(9(2)16-14-8)7-13-11(3,4)12(5,6)15/h13,15H,7H2,1-6H3. The van der Waals surface area contributed by atoms with Crippen LogP contribution in [0.5, 0.6) is 0 Å². The lowest BCUT2D eigenvalue weighted by molar-refractivity contribution is -0.00538. The third-order valence-electron chi connectivity index (χ3n) is 3.42. The highest BCUT2D eigenvalue weighted by Gasteiger charge is 2.34. The van der Waals surface area contributed by atoms with Gasteiger partial charge in [-0.2, -0.15) is 0 Å². The largest absolute Gasteiger partial charge is 0.389 e. The Hall–Kier alpha value is -0.870. The highest BCUT2D eigenvalue weighted by atomic mass is 16.5. The predicted octanol–water partition coefficient (Wildman–Crippen LogP) is 1.93. The minimum atomic E-state index is -0.786. The molecule has 4 nitrogen and oxygen atoms in total.